The van der Waals surface area contributed by atoms with Gasteiger partial charge in [-0.15, -0.1) is 12.4 Å². The summed E-state index contributed by atoms with van der Waals surface area (Å²) in [6.07, 6.45) is 4.17. The quantitative estimate of drug-likeness (QED) is 0.721. The van der Waals surface area contributed by atoms with Crippen LogP contribution in [-0.2, 0) is 9.59 Å². The van der Waals surface area contributed by atoms with Gasteiger partial charge in [0.05, 0.1) is 0 Å². The molecule has 0 spiro atoms. The molecule has 0 radical (unpaired) electrons. The fraction of sp³-hybridized carbons (Fsp3) is 0.579. The Morgan fingerprint density at radius 2 is 1.89 bits per heavy atom. The minimum atomic E-state index is -0.0525. The van der Waals surface area contributed by atoms with Crippen molar-refractivity contribution in [1.29, 1.82) is 0 Å². The number of amides is 2. The van der Waals surface area contributed by atoms with Gasteiger partial charge in [0.15, 0.2) is 0 Å². The monoisotopic (exact) mass is 433 g/mol. The number of carbonyl (C=O) groups is 2. The van der Waals surface area contributed by atoms with Crippen LogP contribution in [0.2, 0.25) is 10.0 Å². The van der Waals surface area contributed by atoms with Crippen molar-refractivity contribution in [3.8, 4) is 0 Å². The van der Waals surface area contributed by atoms with Gasteiger partial charge in [0.1, 0.15) is 0 Å². The van der Waals surface area contributed by atoms with Gasteiger partial charge >= 0.3 is 0 Å². The first-order valence-electron chi connectivity index (χ1n) is 9.23. The van der Waals surface area contributed by atoms with Crippen molar-refractivity contribution in [1.82, 2.24) is 10.2 Å². The van der Waals surface area contributed by atoms with Gasteiger partial charge in [0.25, 0.3) is 0 Å². The highest BCUT2D eigenvalue weighted by Gasteiger charge is 2.47. The molecule has 3 N–H and O–H groups in total. The highest BCUT2D eigenvalue weighted by molar-refractivity contribution is 6.34. The van der Waals surface area contributed by atoms with Crippen LogP contribution in [0.15, 0.2) is 18.2 Å². The van der Waals surface area contributed by atoms with E-state index in [1.54, 1.807) is 6.07 Å². The summed E-state index contributed by atoms with van der Waals surface area (Å²) in [5.74, 6) is 0.310. The molecule has 1 aliphatic heterocycles. The zero-order chi connectivity index (χ0) is 18.7. The highest BCUT2D eigenvalue weighted by atomic mass is 35.5. The second kappa shape index (κ2) is 9.97. The number of likely N-dealkylation sites (tertiary alicyclic amines) is 1. The SMILES string of the molecule is Cl.NCCC(=O)NCC1CCCCN1C(=O)C1CC1c1cc(Cl)cc(Cl)c1. The van der Waals surface area contributed by atoms with E-state index < -0.39 is 0 Å². The van der Waals surface area contributed by atoms with Crippen molar-refractivity contribution in [2.75, 3.05) is 19.6 Å². The van der Waals surface area contributed by atoms with Crippen molar-refractivity contribution in [3.63, 3.8) is 0 Å². The predicted octanol–water partition coefficient (Wildman–Crippen LogP) is 3.36. The summed E-state index contributed by atoms with van der Waals surface area (Å²) in [5, 5.41) is 4.11. The molecule has 0 bridgehead atoms. The molecule has 1 heterocycles. The molecular weight excluding hydrogens is 409 g/mol. The van der Waals surface area contributed by atoms with Crippen molar-refractivity contribution in [2.45, 2.75) is 44.1 Å². The normalized spacial score (nSPS) is 24.1. The van der Waals surface area contributed by atoms with Gasteiger partial charge in [0, 0.05) is 48.1 Å². The average molecular weight is 435 g/mol. The molecule has 0 aromatic heterocycles. The van der Waals surface area contributed by atoms with Crippen LogP contribution in [0.3, 0.4) is 0 Å². The molecule has 2 amide bonds. The Hall–Kier alpha value is -1.01. The summed E-state index contributed by atoms with van der Waals surface area (Å²) < 4.78 is 0. The lowest BCUT2D eigenvalue weighted by Gasteiger charge is -2.36. The van der Waals surface area contributed by atoms with Gasteiger partial charge in [-0.25, -0.2) is 0 Å². The second-order valence-corrected chi connectivity index (χ2v) is 8.05. The van der Waals surface area contributed by atoms with Crippen molar-refractivity contribution in [3.05, 3.63) is 33.8 Å². The lowest BCUT2D eigenvalue weighted by Crippen LogP contribution is -2.50. The Morgan fingerprint density at radius 1 is 1.19 bits per heavy atom. The summed E-state index contributed by atoms with van der Waals surface area (Å²) in [4.78, 5) is 26.7. The largest absolute Gasteiger partial charge is 0.354 e. The third-order valence-electron chi connectivity index (χ3n) is 5.24. The van der Waals surface area contributed by atoms with Crippen LogP contribution in [0.1, 0.15) is 43.6 Å². The maximum Gasteiger partial charge on any atom is 0.226 e. The summed E-state index contributed by atoms with van der Waals surface area (Å²) >= 11 is 12.2. The fourth-order valence-corrected chi connectivity index (χ4v) is 4.34. The molecule has 1 saturated heterocycles. The number of rotatable bonds is 6. The van der Waals surface area contributed by atoms with Crippen molar-refractivity contribution >= 4 is 47.4 Å². The van der Waals surface area contributed by atoms with Crippen LogP contribution in [0, 0.1) is 5.92 Å². The average Bonchev–Trinajstić information content (AvgIpc) is 3.40. The maximum absolute atomic E-state index is 13.0. The van der Waals surface area contributed by atoms with Crippen LogP contribution in [0.25, 0.3) is 0 Å². The zero-order valence-corrected chi connectivity index (χ0v) is 17.5. The molecule has 3 rings (SSSR count). The number of halogens is 3. The van der Waals surface area contributed by atoms with Gasteiger partial charge in [-0.2, -0.15) is 0 Å². The van der Waals surface area contributed by atoms with E-state index in [2.05, 4.69) is 5.32 Å². The fourth-order valence-electron chi connectivity index (χ4n) is 3.79. The Bertz CT molecular complexity index is 666. The maximum atomic E-state index is 13.0. The van der Waals surface area contributed by atoms with Gasteiger partial charge in [-0.1, -0.05) is 23.2 Å². The molecular formula is C19H26Cl3N3O2. The molecule has 27 heavy (non-hydrogen) atoms. The lowest BCUT2D eigenvalue weighted by molar-refractivity contribution is -0.137. The van der Waals surface area contributed by atoms with E-state index >= 15 is 0 Å². The van der Waals surface area contributed by atoms with Gasteiger partial charge in [-0.05, 0) is 55.4 Å². The summed E-state index contributed by atoms with van der Waals surface area (Å²) in [6.45, 7) is 1.60. The molecule has 1 saturated carbocycles. The second-order valence-electron chi connectivity index (χ2n) is 7.18. The third-order valence-corrected chi connectivity index (χ3v) is 5.67. The summed E-state index contributed by atoms with van der Waals surface area (Å²) in [5.41, 5.74) is 6.44. The molecule has 1 aromatic rings. The minimum Gasteiger partial charge on any atom is -0.354 e. The lowest BCUT2D eigenvalue weighted by atomic mass is 10.0. The number of hydrogen-bond acceptors (Lipinski definition) is 3. The smallest absolute Gasteiger partial charge is 0.226 e. The van der Waals surface area contributed by atoms with Crippen LogP contribution >= 0.6 is 35.6 Å². The Balaban J connectivity index is 0.00000261. The van der Waals surface area contributed by atoms with E-state index in [1.807, 2.05) is 17.0 Å². The molecule has 1 aliphatic carbocycles. The molecule has 3 atom stereocenters. The number of hydrogen-bond donors (Lipinski definition) is 2. The number of carbonyl (C=O) groups excluding carboxylic acids is 2. The third kappa shape index (κ3) is 5.74. The minimum absolute atomic E-state index is 0. The number of piperidine rings is 1. The Labute approximate surface area is 176 Å². The van der Waals surface area contributed by atoms with E-state index in [1.165, 1.54) is 0 Å². The molecule has 2 aliphatic rings. The van der Waals surface area contributed by atoms with E-state index in [-0.39, 0.29) is 42.1 Å². The topological polar surface area (TPSA) is 75.4 Å². The van der Waals surface area contributed by atoms with Crippen LogP contribution in [0.5, 0.6) is 0 Å². The number of benzene rings is 1. The first-order valence-corrected chi connectivity index (χ1v) is 9.98. The van der Waals surface area contributed by atoms with Crippen molar-refractivity contribution in [2.24, 2.45) is 11.7 Å². The first-order chi connectivity index (χ1) is 12.5. The first kappa shape index (κ1) is 22.3. The molecule has 150 valence electrons. The van der Waals surface area contributed by atoms with Gasteiger partial charge in [-0.3, -0.25) is 9.59 Å². The van der Waals surface area contributed by atoms with Crippen LogP contribution in [0.4, 0.5) is 0 Å². The Morgan fingerprint density at radius 3 is 2.56 bits per heavy atom. The molecule has 8 heteroatoms. The van der Waals surface area contributed by atoms with Gasteiger partial charge < -0.3 is 16.0 Å². The summed E-state index contributed by atoms with van der Waals surface area (Å²) in [6, 6.07) is 5.57. The molecule has 3 unspecified atom stereocenters. The van der Waals surface area contributed by atoms with Crippen LogP contribution in [-0.4, -0.2) is 42.4 Å². The molecule has 5 nitrogen and oxygen atoms in total. The Kier molecular flexibility index (Phi) is 8.22. The summed E-state index contributed by atoms with van der Waals surface area (Å²) in [7, 11) is 0. The zero-order valence-electron chi connectivity index (χ0n) is 15.1. The van der Waals surface area contributed by atoms with Gasteiger partial charge in [0.2, 0.25) is 11.8 Å². The predicted molar refractivity (Wildman–Crippen MR) is 111 cm³/mol. The number of nitrogens with one attached hydrogen (secondary N) is 1. The van der Waals surface area contributed by atoms with E-state index in [9.17, 15) is 9.59 Å². The highest BCUT2D eigenvalue weighted by Crippen LogP contribution is 2.50. The van der Waals surface area contributed by atoms with E-state index in [4.69, 9.17) is 28.9 Å². The number of nitrogens with zero attached hydrogens (tertiary/aromatic N) is 1. The van der Waals surface area contributed by atoms with E-state index in [0.717, 1.165) is 37.8 Å². The standard InChI is InChI=1S/C19H25Cl2N3O2.ClH/c20-13-7-12(8-14(21)9-13)16-10-17(16)19(26)24-6-2-1-3-15(24)11-23-18(25)4-5-22;/h7-9,15-17H,1-6,10-11,22H2,(H,23,25);1H. The molecule has 1 aromatic carbocycles. The van der Waals surface area contributed by atoms with E-state index in [0.29, 0.717) is 29.6 Å². The molecule has 2 fully saturated rings. The van der Waals surface area contributed by atoms with Crippen molar-refractivity contribution < 1.29 is 9.59 Å². The number of nitrogens with two attached hydrogens (primary N) is 1. The van der Waals surface area contributed by atoms with Crippen LogP contribution < -0.4 is 11.1 Å².